The first-order valence-electron chi connectivity index (χ1n) is 9.95. The van der Waals surface area contributed by atoms with Gasteiger partial charge in [0.1, 0.15) is 0 Å². The highest BCUT2D eigenvalue weighted by molar-refractivity contribution is 7.87. The molecular formula is C21H30N2O3S. The maximum Gasteiger partial charge on any atom is 0.279 e. The van der Waals surface area contributed by atoms with Crippen LogP contribution in [0, 0.1) is 22.7 Å². The Morgan fingerprint density at radius 3 is 2.48 bits per heavy atom. The summed E-state index contributed by atoms with van der Waals surface area (Å²) in [7, 11) is -3.34. The van der Waals surface area contributed by atoms with Gasteiger partial charge in [-0.05, 0) is 48.0 Å². The van der Waals surface area contributed by atoms with Gasteiger partial charge in [-0.3, -0.25) is 4.79 Å². The van der Waals surface area contributed by atoms with Gasteiger partial charge in [-0.1, -0.05) is 45.0 Å². The van der Waals surface area contributed by atoms with Crippen LogP contribution in [0.5, 0.6) is 0 Å². The van der Waals surface area contributed by atoms with Gasteiger partial charge in [-0.25, -0.2) is 4.72 Å². The van der Waals surface area contributed by atoms with Crippen molar-refractivity contribution in [1.29, 1.82) is 0 Å². The summed E-state index contributed by atoms with van der Waals surface area (Å²) in [5.41, 5.74) is 2.30. The van der Waals surface area contributed by atoms with Crippen LogP contribution in [0.4, 0.5) is 0 Å². The molecule has 0 amide bonds. The van der Waals surface area contributed by atoms with E-state index in [4.69, 9.17) is 0 Å². The molecule has 1 aliphatic heterocycles. The normalized spacial score (nSPS) is 34.6. The van der Waals surface area contributed by atoms with Gasteiger partial charge in [-0.2, -0.15) is 12.7 Å². The Labute approximate surface area is 162 Å². The summed E-state index contributed by atoms with van der Waals surface area (Å²) in [4.78, 5) is 13.2. The van der Waals surface area contributed by atoms with E-state index in [1.54, 1.807) is 0 Å². The van der Waals surface area contributed by atoms with E-state index in [0.29, 0.717) is 36.4 Å². The highest BCUT2D eigenvalue weighted by Gasteiger charge is 2.52. The fraction of sp³-hybridized carbons (Fsp3) is 0.667. The van der Waals surface area contributed by atoms with E-state index in [9.17, 15) is 13.2 Å². The summed E-state index contributed by atoms with van der Waals surface area (Å²) in [5, 5.41) is 0. The average molecular weight is 391 g/mol. The number of fused-ring (bicyclic) bond motifs is 2. The molecule has 0 radical (unpaired) electrons. The van der Waals surface area contributed by atoms with Crippen LogP contribution in [-0.4, -0.2) is 31.6 Å². The minimum atomic E-state index is -3.34. The third-order valence-electron chi connectivity index (χ3n) is 6.68. The average Bonchev–Trinajstić information content (AvgIpc) is 3.02. The van der Waals surface area contributed by atoms with Crippen LogP contribution in [0.15, 0.2) is 24.3 Å². The van der Waals surface area contributed by atoms with Crippen LogP contribution < -0.4 is 4.72 Å². The molecular weight excluding hydrogens is 360 g/mol. The molecule has 3 unspecified atom stereocenters. The first-order valence-corrected chi connectivity index (χ1v) is 11.4. The van der Waals surface area contributed by atoms with E-state index in [2.05, 4.69) is 25.5 Å². The summed E-state index contributed by atoms with van der Waals surface area (Å²) in [5.74, 6) is 0.890. The number of carbonyl (C=O) groups excluding carboxylic acids is 1. The second-order valence-electron chi connectivity index (χ2n) is 9.92. The Bertz CT molecular complexity index is 847. The third kappa shape index (κ3) is 3.71. The van der Waals surface area contributed by atoms with Gasteiger partial charge in [0.15, 0.2) is 5.78 Å². The van der Waals surface area contributed by atoms with Gasteiger partial charge in [0.25, 0.3) is 10.2 Å². The molecule has 6 heteroatoms. The number of benzene rings is 1. The fourth-order valence-electron chi connectivity index (χ4n) is 6.03. The Morgan fingerprint density at radius 1 is 1.15 bits per heavy atom. The minimum absolute atomic E-state index is 0.130. The van der Waals surface area contributed by atoms with Gasteiger partial charge in [0.05, 0.1) is 0 Å². The lowest BCUT2D eigenvalue weighted by atomic mass is 9.65. The van der Waals surface area contributed by atoms with Gasteiger partial charge in [0.2, 0.25) is 0 Å². The Hall–Kier alpha value is -1.24. The van der Waals surface area contributed by atoms with E-state index in [1.165, 1.54) is 17.1 Å². The van der Waals surface area contributed by atoms with Crippen molar-refractivity contribution in [1.82, 2.24) is 9.03 Å². The molecule has 0 spiro atoms. The fourth-order valence-corrected chi connectivity index (χ4v) is 7.21. The maximum atomic E-state index is 13.2. The lowest BCUT2D eigenvalue weighted by Gasteiger charge is -2.40. The van der Waals surface area contributed by atoms with Crippen molar-refractivity contribution in [2.24, 2.45) is 22.7 Å². The van der Waals surface area contributed by atoms with Crippen molar-refractivity contribution in [3.63, 3.8) is 0 Å². The predicted molar refractivity (Wildman–Crippen MR) is 105 cm³/mol. The summed E-state index contributed by atoms with van der Waals surface area (Å²) in [6, 6.07) is 7.55. The first-order chi connectivity index (χ1) is 12.6. The van der Waals surface area contributed by atoms with Gasteiger partial charge in [0, 0.05) is 31.1 Å². The number of nitrogens with zero attached hydrogens (tertiary/aromatic N) is 1. The molecule has 4 rings (SSSR count). The second kappa shape index (κ2) is 6.39. The van der Waals surface area contributed by atoms with Crippen LogP contribution in [0.3, 0.4) is 0 Å². The summed E-state index contributed by atoms with van der Waals surface area (Å²) in [6.45, 7) is 8.31. The van der Waals surface area contributed by atoms with Crippen molar-refractivity contribution in [3.05, 3.63) is 35.4 Å². The van der Waals surface area contributed by atoms with Crippen molar-refractivity contribution in [2.75, 3.05) is 13.1 Å². The number of hydrogen-bond acceptors (Lipinski definition) is 3. The van der Waals surface area contributed by atoms with Crippen molar-refractivity contribution < 1.29 is 13.2 Å². The van der Waals surface area contributed by atoms with E-state index < -0.39 is 10.2 Å². The molecule has 2 aliphatic carbocycles. The van der Waals surface area contributed by atoms with Crippen LogP contribution in [-0.2, 0) is 16.8 Å². The lowest BCUT2D eigenvalue weighted by Crippen LogP contribution is -2.30. The second-order valence-corrected chi connectivity index (χ2v) is 11.7. The summed E-state index contributed by atoms with van der Waals surface area (Å²) < 4.78 is 27.7. The molecule has 2 bridgehead atoms. The number of ketones is 1. The highest BCUT2D eigenvalue weighted by atomic mass is 32.2. The van der Waals surface area contributed by atoms with Crippen LogP contribution in [0.25, 0.3) is 0 Å². The van der Waals surface area contributed by atoms with Gasteiger partial charge in [-0.15, -0.1) is 0 Å². The number of Topliss-reactive ketones (excluding diaryl/α,β-unsaturated/α-hetero) is 1. The minimum Gasteiger partial charge on any atom is -0.294 e. The zero-order chi connectivity index (χ0) is 19.4. The van der Waals surface area contributed by atoms with Gasteiger partial charge >= 0.3 is 0 Å². The zero-order valence-electron chi connectivity index (χ0n) is 16.5. The summed E-state index contributed by atoms with van der Waals surface area (Å²) in [6.07, 6.45) is 4.51. The number of nitrogens with one attached hydrogen (secondary N) is 1. The Kier molecular flexibility index (Phi) is 4.52. The zero-order valence-corrected chi connectivity index (χ0v) is 17.3. The molecule has 3 fully saturated rings. The molecule has 3 aliphatic rings. The van der Waals surface area contributed by atoms with E-state index in [0.717, 1.165) is 24.0 Å². The van der Waals surface area contributed by atoms with Gasteiger partial charge < -0.3 is 0 Å². The molecule has 1 saturated heterocycles. The van der Waals surface area contributed by atoms with Crippen LogP contribution >= 0.6 is 0 Å². The topological polar surface area (TPSA) is 66.5 Å². The van der Waals surface area contributed by atoms with Crippen LogP contribution in [0.1, 0.15) is 62.4 Å². The van der Waals surface area contributed by atoms with Crippen molar-refractivity contribution >= 4 is 16.0 Å². The molecule has 27 heavy (non-hydrogen) atoms. The lowest BCUT2D eigenvalue weighted by molar-refractivity contribution is 0.0850. The Balaban J connectivity index is 1.47. The van der Waals surface area contributed by atoms with Crippen molar-refractivity contribution in [2.45, 2.75) is 53.0 Å². The largest absolute Gasteiger partial charge is 0.294 e. The van der Waals surface area contributed by atoms with E-state index >= 15 is 0 Å². The highest BCUT2D eigenvalue weighted by Crippen LogP contribution is 2.60. The van der Waals surface area contributed by atoms with E-state index in [-0.39, 0.29) is 11.7 Å². The SMILES string of the molecule is CC1(C)CC2CC(C)(CC2C(=O)c2ccc(CN3CCNS3(=O)=O)cc2)C1. The third-order valence-corrected chi connectivity index (χ3v) is 8.24. The van der Waals surface area contributed by atoms with Crippen molar-refractivity contribution in [3.8, 4) is 0 Å². The predicted octanol–water partition coefficient (Wildman–Crippen LogP) is 3.37. The summed E-state index contributed by atoms with van der Waals surface area (Å²) >= 11 is 0. The quantitative estimate of drug-likeness (QED) is 0.802. The standard InChI is InChI=1S/C21H30N2O3S/c1-20(2)10-17-11-21(3,14-20)12-18(17)19(24)16-6-4-15(5-7-16)13-23-9-8-22-27(23,25)26/h4-7,17-18,22H,8-14H2,1-3H3. The number of carbonyl (C=O) groups is 1. The number of hydrogen-bond donors (Lipinski definition) is 1. The maximum absolute atomic E-state index is 13.2. The molecule has 2 saturated carbocycles. The molecule has 148 valence electrons. The molecule has 1 aromatic rings. The number of rotatable bonds is 4. The molecule has 3 atom stereocenters. The molecule has 1 heterocycles. The smallest absolute Gasteiger partial charge is 0.279 e. The van der Waals surface area contributed by atoms with Crippen LogP contribution in [0.2, 0.25) is 0 Å². The molecule has 0 aromatic heterocycles. The molecule has 1 N–H and O–H groups in total. The Morgan fingerprint density at radius 2 is 1.85 bits per heavy atom. The monoisotopic (exact) mass is 390 g/mol. The first kappa shape index (κ1) is 19.1. The van der Waals surface area contributed by atoms with E-state index in [1.807, 2.05) is 24.3 Å². The molecule has 1 aromatic carbocycles. The molecule has 5 nitrogen and oxygen atoms in total.